The Labute approximate surface area is 125 Å². The summed E-state index contributed by atoms with van der Waals surface area (Å²) >= 11 is 8.27. The molecule has 0 saturated carbocycles. The second-order valence-electron chi connectivity index (χ2n) is 3.67. The Kier molecular flexibility index (Phi) is 4.39. The number of rotatable bonds is 4. The molecule has 1 heterocycles. The molecule has 1 aromatic heterocycles. The molecule has 4 nitrogen and oxygen atoms in total. The Morgan fingerprint density at radius 3 is 2.42 bits per heavy atom. The molecule has 0 saturated heterocycles. The number of hydrogen-bond donors (Lipinski definition) is 1. The van der Waals surface area contributed by atoms with E-state index in [1.165, 1.54) is 0 Å². The molecule has 8 heteroatoms. The highest BCUT2D eigenvalue weighted by Gasteiger charge is 2.21. The fourth-order valence-electron chi connectivity index (χ4n) is 1.46. The topological polar surface area (TPSA) is 59.1 Å². The fraction of sp³-hybridized carbons (Fsp3) is 0.182. The molecule has 0 atom stereocenters. The summed E-state index contributed by atoms with van der Waals surface area (Å²) in [5.74, 6) is 0. The molecule has 0 aliphatic carbocycles. The first kappa shape index (κ1) is 14.6. The molecule has 1 N–H and O–H groups in total. The van der Waals surface area contributed by atoms with Crippen molar-refractivity contribution in [1.29, 1.82) is 0 Å². The number of thiazole rings is 1. The number of benzene rings is 1. The lowest BCUT2D eigenvalue weighted by Crippen LogP contribution is -2.12. The van der Waals surface area contributed by atoms with Crippen molar-refractivity contribution in [2.75, 3.05) is 11.0 Å². The second kappa shape index (κ2) is 5.70. The third-order valence-electron chi connectivity index (χ3n) is 2.31. The molecule has 19 heavy (non-hydrogen) atoms. The highest BCUT2D eigenvalue weighted by molar-refractivity contribution is 7.98. The molecular formula is C11H11ClN2O2S3. The molecule has 102 valence electrons. The van der Waals surface area contributed by atoms with Crippen molar-refractivity contribution in [2.45, 2.75) is 16.0 Å². The average molecular weight is 335 g/mol. The Bertz CT molecular complexity index is 680. The highest BCUT2D eigenvalue weighted by Crippen LogP contribution is 2.28. The van der Waals surface area contributed by atoms with Crippen molar-refractivity contribution in [2.24, 2.45) is 0 Å². The molecular weight excluding hydrogens is 324 g/mol. The number of aromatic nitrogens is 1. The normalized spacial score (nSPS) is 11.5. The molecule has 0 spiro atoms. The van der Waals surface area contributed by atoms with Gasteiger partial charge in [0.15, 0.2) is 8.68 Å². The Hall–Kier alpha value is -0.760. The summed E-state index contributed by atoms with van der Waals surface area (Å²) in [5, 5.41) is 0. The van der Waals surface area contributed by atoms with Gasteiger partial charge >= 0.3 is 0 Å². The van der Waals surface area contributed by atoms with Gasteiger partial charge in [-0.2, -0.15) is 0 Å². The zero-order valence-corrected chi connectivity index (χ0v) is 13.4. The van der Waals surface area contributed by atoms with Crippen LogP contribution in [0.5, 0.6) is 0 Å². The predicted molar refractivity (Wildman–Crippen MR) is 80.9 cm³/mol. The molecule has 2 rings (SSSR count). The number of thioether (sulfide) groups is 1. The van der Waals surface area contributed by atoms with Crippen molar-refractivity contribution < 1.29 is 8.42 Å². The van der Waals surface area contributed by atoms with E-state index in [-0.39, 0.29) is 8.68 Å². The van der Waals surface area contributed by atoms with Crippen molar-refractivity contribution in [3.63, 3.8) is 0 Å². The van der Waals surface area contributed by atoms with E-state index in [1.807, 2.05) is 18.4 Å². The minimum atomic E-state index is -3.63. The predicted octanol–water partition coefficient (Wildman–Crippen LogP) is 3.63. The summed E-state index contributed by atoms with van der Waals surface area (Å²) in [6.45, 7) is 1.62. The van der Waals surface area contributed by atoms with E-state index in [9.17, 15) is 8.42 Å². The molecule has 0 amide bonds. The lowest BCUT2D eigenvalue weighted by molar-refractivity contribution is 0.602. The van der Waals surface area contributed by atoms with Crippen LogP contribution < -0.4 is 4.72 Å². The van der Waals surface area contributed by atoms with E-state index in [0.717, 1.165) is 16.2 Å². The number of anilines is 1. The molecule has 0 aliphatic rings. The molecule has 1 aromatic carbocycles. The number of nitrogens with zero attached hydrogens (tertiary/aromatic N) is 1. The maximum Gasteiger partial charge on any atom is 0.273 e. The van der Waals surface area contributed by atoms with Crippen LogP contribution in [0.1, 0.15) is 5.69 Å². The number of sulfonamides is 1. The zero-order valence-electron chi connectivity index (χ0n) is 10.2. The van der Waals surface area contributed by atoms with Gasteiger partial charge < -0.3 is 0 Å². The first-order valence-corrected chi connectivity index (χ1v) is 9.12. The smallest absolute Gasteiger partial charge is 0.273 e. The van der Waals surface area contributed by atoms with Crippen LogP contribution in [0.25, 0.3) is 0 Å². The lowest BCUT2D eigenvalue weighted by atomic mass is 10.3. The summed E-state index contributed by atoms with van der Waals surface area (Å²) < 4.78 is 27.2. The van der Waals surface area contributed by atoms with Crippen LogP contribution in [0.2, 0.25) is 4.47 Å². The van der Waals surface area contributed by atoms with E-state index >= 15 is 0 Å². The van der Waals surface area contributed by atoms with Gasteiger partial charge in [0.2, 0.25) is 0 Å². The van der Waals surface area contributed by atoms with Crippen molar-refractivity contribution in [3.8, 4) is 0 Å². The van der Waals surface area contributed by atoms with Crippen LogP contribution in [0.3, 0.4) is 0 Å². The zero-order chi connectivity index (χ0) is 14.0. The molecule has 0 radical (unpaired) electrons. The summed E-state index contributed by atoms with van der Waals surface area (Å²) in [4.78, 5) is 4.98. The third kappa shape index (κ3) is 3.42. The summed E-state index contributed by atoms with van der Waals surface area (Å²) in [6.07, 6.45) is 1.96. The molecule has 0 unspecified atom stereocenters. The first-order valence-electron chi connectivity index (χ1n) is 5.22. The largest absolute Gasteiger partial charge is 0.279 e. The fourth-order valence-corrected chi connectivity index (χ4v) is 4.67. The van der Waals surface area contributed by atoms with Gasteiger partial charge in [-0.05, 0) is 37.4 Å². The highest BCUT2D eigenvalue weighted by atomic mass is 35.5. The second-order valence-corrected chi connectivity index (χ2v) is 8.01. The molecule has 0 aliphatic heterocycles. The van der Waals surface area contributed by atoms with E-state index in [4.69, 9.17) is 11.6 Å². The Balaban J connectivity index is 2.28. The average Bonchev–Trinajstić information content (AvgIpc) is 2.70. The SMILES string of the molecule is CSc1ccc(NS(=O)(=O)c2sc(Cl)nc2C)cc1. The van der Waals surface area contributed by atoms with Gasteiger partial charge in [0.1, 0.15) is 0 Å². The van der Waals surface area contributed by atoms with Crippen LogP contribution >= 0.6 is 34.7 Å². The number of aryl methyl sites for hydroxylation is 1. The minimum absolute atomic E-state index is 0.145. The summed E-state index contributed by atoms with van der Waals surface area (Å²) in [7, 11) is -3.63. The van der Waals surface area contributed by atoms with E-state index in [0.29, 0.717) is 11.4 Å². The van der Waals surface area contributed by atoms with E-state index < -0.39 is 10.0 Å². The number of halogens is 1. The Morgan fingerprint density at radius 1 is 1.32 bits per heavy atom. The third-order valence-corrected chi connectivity index (χ3v) is 6.31. The summed E-state index contributed by atoms with van der Waals surface area (Å²) in [6, 6.07) is 7.16. The number of hydrogen-bond acceptors (Lipinski definition) is 5. The number of nitrogens with one attached hydrogen (secondary N) is 1. The maximum atomic E-state index is 12.2. The van der Waals surface area contributed by atoms with Crippen LogP contribution in [0, 0.1) is 6.92 Å². The van der Waals surface area contributed by atoms with Crippen LogP contribution in [-0.4, -0.2) is 19.7 Å². The first-order chi connectivity index (χ1) is 8.92. The summed E-state index contributed by atoms with van der Waals surface area (Å²) in [5.41, 5.74) is 0.921. The van der Waals surface area contributed by atoms with Crippen molar-refractivity contribution >= 4 is 50.4 Å². The lowest BCUT2D eigenvalue weighted by Gasteiger charge is -2.07. The van der Waals surface area contributed by atoms with Crippen LogP contribution in [0.15, 0.2) is 33.4 Å². The van der Waals surface area contributed by atoms with Crippen LogP contribution in [0.4, 0.5) is 5.69 Å². The van der Waals surface area contributed by atoms with Gasteiger partial charge in [0.25, 0.3) is 10.0 Å². The minimum Gasteiger partial charge on any atom is -0.279 e. The maximum absolute atomic E-state index is 12.2. The van der Waals surface area contributed by atoms with Gasteiger partial charge in [-0.15, -0.1) is 11.8 Å². The monoisotopic (exact) mass is 334 g/mol. The Morgan fingerprint density at radius 2 is 1.95 bits per heavy atom. The van der Waals surface area contributed by atoms with Crippen molar-refractivity contribution in [3.05, 3.63) is 34.4 Å². The van der Waals surface area contributed by atoms with Gasteiger partial charge in [-0.3, -0.25) is 4.72 Å². The quantitative estimate of drug-likeness (QED) is 0.867. The molecule has 2 aromatic rings. The molecule has 0 bridgehead atoms. The standard InChI is InChI=1S/C11H11ClN2O2S3/c1-7-10(18-11(12)13-7)19(15,16)14-8-3-5-9(17-2)6-4-8/h3-6,14H,1-2H3. The van der Waals surface area contributed by atoms with E-state index in [2.05, 4.69) is 9.71 Å². The van der Waals surface area contributed by atoms with Gasteiger partial charge in [-0.1, -0.05) is 22.9 Å². The van der Waals surface area contributed by atoms with Gasteiger partial charge in [-0.25, -0.2) is 13.4 Å². The van der Waals surface area contributed by atoms with Crippen molar-refractivity contribution in [1.82, 2.24) is 4.98 Å². The van der Waals surface area contributed by atoms with Gasteiger partial charge in [0.05, 0.1) is 5.69 Å². The van der Waals surface area contributed by atoms with E-state index in [1.54, 1.807) is 30.8 Å². The van der Waals surface area contributed by atoms with Crippen LogP contribution in [-0.2, 0) is 10.0 Å². The van der Waals surface area contributed by atoms with Gasteiger partial charge in [0, 0.05) is 10.6 Å². The molecule has 0 fully saturated rings.